The van der Waals surface area contributed by atoms with Gasteiger partial charge in [0, 0.05) is 11.3 Å². The van der Waals surface area contributed by atoms with Crippen molar-refractivity contribution in [2.75, 3.05) is 18.6 Å². The highest BCUT2D eigenvalue weighted by Crippen LogP contribution is 2.38. The van der Waals surface area contributed by atoms with E-state index in [2.05, 4.69) is 18.1 Å². The number of fused-ring (bicyclic) bond motifs is 1. The highest BCUT2D eigenvalue weighted by Gasteiger charge is 2.48. The Morgan fingerprint density at radius 1 is 1.31 bits per heavy atom. The Balaban J connectivity index is 2.56. The van der Waals surface area contributed by atoms with Gasteiger partial charge in [-0.3, -0.25) is 19.5 Å². The molecule has 0 aromatic carbocycles. The Bertz CT molecular complexity index is 887. The molecule has 0 saturated carbocycles. The molecule has 2 unspecified atom stereocenters. The van der Waals surface area contributed by atoms with Crippen LogP contribution in [0.4, 0.5) is 10.5 Å². The maximum Gasteiger partial charge on any atom is 0.414 e. The molecule has 1 aliphatic heterocycles. The van der Waals surface area contributed by atoms with Gasteiger partial charge in [-0.25, -0.2) is 4.79 Å². The fourth-order valence-corrected chi connectivity index (χ4v) is 3.55. The number of hydrogen-bond donors (Lipinski definition) is 0. The van der Waals surface area contributed by atoms with Gasteiger partial charge in [0.2, 0.25) is 0 Å². The van der Waals surface area contributed by atoms with Crippen LogP contribution in [0.25, 0.3) is 0 Å². The fraction of sp³-hybridized carbons (Fsp3) is 0.364. The number of ether oxygens (including phenoxy) is 2. The topological polar surface area (TPSA) is 85.8 Å². The van der Waals surface area contributed by atoms with Gasteiger partial charge in [0.1, 0.15) is 12.5 Å². The predicted octanol–water partition coefficient (Wildman–Crippen LogP) is 3.70. The van der Waals surface area contributed by atoms with Gasteiger partial charge in [-0.1, -0.05) is 38.3 Å². The summed E-state index contributed by atoms with van der Waals surface area (Å²) in [6, 6.07) is 0.841. The van der Waals surface area contributed by atoms with Crippen LogP contribution in [0.15, 0.2) is 43.0 Å². The van der Waals surface area contributed by atoms with E-state index in [1.54, 1.807) is 45.1 Å². The summed E-state index contributed by atoms with van der Waals surface area (Å²) in [5.74, 6) is -2.20. The average molecular weight is 398 g/mol. The SMILES string of the molecule is C=C/C=C(\C=C)COC(=O)N1c2c(cc(C)nc2C)C(=O)C(C(=O)OC)C1CC. The van der Waals surface area contributed by atoms with Gasteiger partial charge in [0.25, 0.3) is 0 Å². The lowest BCUT2D eigenvalue weighted by molar-refractivity contribution is -0.144. The van der Waals surface area contributed by atoms with Crippen LogP contribution in [0, 0.1) is 19.8 Å². The number of rotatable bonds is 6. The van der Waals surface area contributed by atoms with Crippen molar-refractivity contribution < 1.29 is 23.9 Å². The first-order chi connectivity index (χ1) is 13.8. The predicted molar refractivity (Wildman–Crippen MR) is 110 cm³/mol. The summed E-state index contributed by atoms with van der Waals surface area (Å²) in [6.07, 6.45) is 4.49. The number of Topliss-reactive ketones (excluding diaryl/α,β-unsaturated/α-hetero) is 1. The van der Waals surface area contributed by atoms with E-state index in [1.807, 2.05) is 0 Å². The van der Waals surface area contributed by atoms with E-state index >= 15 is 0 Å². The Labute approximate surface area is 170 Å². The zero-order valence-electron chi connectivity index (χ0n) is 17.2. The van der Waals surface area contributed by atoms with E-state index < -0.39 is 24.0 Å². The molecule has 1 amide bonds. The Morgan fingerprint density at radius 2 is 2.00 bits per heavy atom. The Morgan fingerprint density at radius 3 is 2.55 bits per heavy atom. The van der Waals surface area contributed by atoms with Gasteiger partial charge in [0.15, 0.2) is 5.78 Å². The summed E-state index contributed by atoms with van der Waals surface area (Å²) in [7, 11) is 1.22. The molecule has 0 spiro atoms. The molecule has 2 heterocycles. The van der Waals surface area contributed by atoms with Gasteiger partial charge in [-0.15, -0.1) is 0 Å². The van der Waals surface area contributed by atoms with Crippen molar-refractivity contribution >= 4 is 23.5 Å². The van der Waals surface area contributed by atoms with Gasteiger partial charge in [-0.2, -0.15) is 0 Å². The molecule has 2 rings (SSSR count). The number of hydrogen-bond acceptors (Lipinski definition) is 6. The Kier molecular flexibility index (Phi) is 7.09. The number of aryl methyl sites for hydroxylation is 2. The number of nitrogens with zero attached hydrogens (tertiary/aromatic N) is 2. The number of esters is 1. The zero-order valence-corrected chi connectivity index (χ0v) is 17.2. The summed E-state index contributed by atoms with van der Waals surface area (Å²) in [5.41, 5.74) is 2.42. The lowest BCUT2D eigenvalue weighted by Crippen LogP contribution is -2.54. The number of ketones is 1. The number of carbonyl (C=O) groups is 3. The average Bonchev–Trinajstić information content (AvgIpc) is 2.70. The molecule has 1 aromatic heterocycles. The maximum atomic E-state index is 13.1. The number of pyridine rings is 1. The van der Waals surface area contributed by atoms with Crippen LogP contribution in [0.5, 0.6) is 0 Å². The summed E-state index contributed by atoms with van der Waals surface area (Å²) in [5, 5.41) is 0. The largest absolute Gasteiger partial charge is 0.468 e. The van der Waals surface area contributed by atoms with E-state index in [-0.39, 0.29) is 18.0 Å². The van der Waals surface area contributed by atoms with Crippen LogP contribution in [0.1, 0.15) is 35.1 Å². The van der Waals surface area contributed by atoms with E-state index in [9.17, 15) is 14.4 Å². The second-order valence-electron chi connectivity index (χ2n) is 6.69. The van der Waals surface area contributed by atoms with Crippen molar-refractivity contribution in [1.82, 2.24) is 4.98 Å². The van der Waals surface area contributed by atoms with Gasteiger partial charge >= 0.3 is 12.1 Å². The molecule has 0 bridgehead atoms. The number of aromatic nitrogens is 1. The Hall–Kier alpha value is -3.22. The summed E-state index contributed by atoms with van der Waals surface area (Å²) in [4.78, 5) is 44.4. The van der Waals surface area contributed by atoms with Crippen LogP contribution in [0.3, 0.4) is 0 Å². The molecule has 7 nitrogen and oxygen atoms in total. The summed E-state index contributed by atoms with van der Waals surface area (Å²) < 4.78 is 10.3. The number of anilines is 1. The van der Waals surface area contributed by atoms with Crippen molar-refractivity contribution in [2.45, 2.75) is 33.2 Å². The molecule has 1 aliphatic rings. The number of allylic oxidation sites excluding steroid dienone is 2. The molecule has 0 fully saturated rings. The van der Waals surface area contributed by atoms with Gasteiger partial charge in [0.05, 0.1) is 24.5 Å². The number of methoxy groups -OCH3 is 1. The minimum Gasteiger partial charge on any atom is -0.468 e. The van der Waals surface area contributed by atoms with Crippen LogP contribution in [0.2, 0.25) is 0 Å². The van der Waals surface area contributed by atoms with Crippen molar-refractivity contribution in [2.24, 2.45) is 5.92 Å². The minimum absolute atomic E-state index is 0.0220. The zero-order chi connectivity index (χ0) is 21.7. The standard InChI is InChI=1S/C22H26N2O5/c1-7-10-15(8-2)12-29-22(27)24-17(9-3)18(21(26)28-6)20(25)16-11-13(4)23-14(5)19(16)24/h7-8,10-11,17-18H,1-2,9,12H2,3-6H3/b15-10+. The fourth-order valence-electron chi connectivity index (χ4n) is 3.55. The van der Waals surface area contributed by atoms with E-state index in [0.29, 0.717) is 29.1 Å². The van der Waals surface area contributed by atoms with Crippen LogP contribution >= 0.6 is 0 Å². The molecule has 2 atom stereocenters. The maximum absolute atomic E-state index is 13.1. The number of carbonyl (C=O) groups excluding carboxylic acids is 3. The van der Waals surface area contributed by atoms with E-state index in [1.165, 1.54) is 12.0 Å². The van der Waals surface area contributed by atoms with E-state index in [4.69, 9.17) is 9.47 Å². The summed E-state index contributed by atoms with van der Waals surface area (Å²) >= 11 is 0. The van der Waals surface area contributed by atoms with Gasteiger partial charge < -0.3 is 9.47 Å². The molecular weight excluding hydrogens is 372 g/mol. The molecule has 7 heteroatoms. The van der Waals surface area contributed by atoms with Crippen LogP contribution in [-0.4, -0.2) is 42.6 Å². The third-order valence-corrected chi connectivity index (χ3v) is 4.83. The third-order valence-electron chi connectivity index (χ3n) is 4.83. The smallest absolute Gasteiger partial charge is 0.414 e. The highest BCUT2D eigenvalue weighted by molar-refractivity contribution is 6.17. The normalized spacial score (nSPS) is 18.7. The molecule has 0 N–H and O–H groups in total. The molecule has 0 aliphatic carbocycles. The highest BCUT2D eigenvalue weighted by atomic mass is 16.6. The third kappa shape index (κ3) is 4.29. The molecule has 0 saturated heterocycles. The molecule has 154 valence electrons. The molecule has 29 heavy (non-hydrogen) atoms. The lowest BCUT2D eigenvalue weighted by Gasteiger charge is -2.39. The van der Waals surface area contributed by atoms with Crippen molar-refractivity contribution in [3.05, 3.63) is 60.0 Å². The first-order valence-electron chi connectivity index (χ1n) is 9.30. The first-order valence-corrected chi connectivity index (χ1v) is 9.30. The second-order valence-corrected chi connectivity index (χ2v) is 6.69. The lowest BCUT2D eigenvalue weighted by atomic mass is 9.82. The van der Waals surface area contributed by atoms with Crippen molar-refractivity contribution in [3.8, 4) is 0 Å². The van der Waals surface area contributed by atoms with Crippen LogP contribution < -0.4 is 4.90 Å². The van der Waals surface area contributed by atoms with Crippen molar-refractivity contribution in [1.29, 1.82) is 0 Å². The summed E-state index contributed by atoms with van der Waals surface area (Å²) in [6.45, 7) is 12.5. The monoisotopic (exact) mass is 398 g/mol. The molecule has 1 aromatic rings. The number of amides is 1. The van der Waals surface area contributed by atoms with Gasteiger partial charge in [-0.05, 0) is 31.9 Å². The second kappa shape index (κ2) is 9.32. The van der Waals surface area contributed by atoms with E-state index in [0.717, 1.165) is 0 Å². The quantitative estimate of drug-likeness (QED) is 0.413. The molecule has 0 radical (unpaired) electrons. The van der Waals surface area contributed by atoms with Crippen LogP contribution in [-0.2, 0) is 14.3 Å². The van der Waals surface area contributed by atoms with Crippen molar-refractivity contribution in [3.63, 3.8) is 0 Å². The minimum atomic E-state index is -1.13. The molecular formula is C22H26N2O5. The first kappa shape index (κ1) is 22.1.